The van der Waals surface area contributed by atoms with Crippen LogP contribution in [-0.2, 0) is 20.8 Å². The lowest BCUT2D eigenvalue weighted by Gasteiger charge is -2.05. The first-order chi connectivity index (χ1) is 7.93. The van der Waals surface area contributed by atoms with E-state index in [1.165, 1.54) is 5.56 Å². The zero-order valence-electron chi connectivity index (χ0n) is 9.56. The Morgan fingerprint density at radius 1 is 0.812 bits per heavy atom. The first kappa shape index (κ1) is 13.2. The molecule has 3 nitrogen and oxygen atoms in total. The normalized spacial score (nSPS) is 10.6. The zero-order valence-corrected chi connectivity index (χ0v) is 9.56. The Kier molecular flexibility index (Phi) is 7.68. The van der Waals surface area contributed by atoms with Gasteiger partial charge in [0.1, 0.15) is 0 Å². The Hall–Kier alpha value is -0.900. The molecule has 0 amide bonds. The highest BCUT2D eigenvalue weighted by atomic mass is 16.5. The van der Waals surface area contributed by atoms with Crippen LogP contribution < -0.4 is 0 Å². The molecule has 1 aromatic carbocycles. The second-order valence-corrected chi connectivity index (χ2v) is 3.26. The van der Waals surface area contributed by atoms with Crippen LogP contribution in [0.5, 0.6) is 0 Å². The predicted octanol–water partition coefficient (Wildman–Crippen LogP) is 2.07. The molecule has 1 radical (unpaired) electrons. The largest absolute Gasteiger partial charge is 0.379 e. The predicted molar refractivity (Wildman–Crippen MR) is 63.1 cm³/mol. The van der Waals surface area contributed by atoms with E-state index in [0.29, 0.717) is 39.6 Å². The van der Waals surface area contributed by atoms with Crippen LogP contribution in [0.2, 0.25) is 0 Å². The first-order valence-corrected chi connectivity index (χ1v) is 5.50. The maximum atomic E-state index is 5.45. The minimum Gasteiger partial charge on any atom is -0.379 e. The average Bonchev–Trinajstić information content (AvgIpc) is 2.34. The molecule has 0 saturated heterocycles. The third-order valence-electron chi connectivity index (χ3n) is 2.00. The van der Waals surface area contributed by atoms with Gasteiger partial charge in [-0.2, -0.15) is 0 Å². The van der Waals surface area contributed by atoms with E-state index in [2.05, 4.69) is 6.92 Å². The molecule has 0 saturated carbocycles. The molecule has 0 aliphatic carbocycles. The summed E-state index contributed by atoms with van der Waals surface area (Å²) in [5.74, 6) is 0. The number of hydrogen-bond donors (Lipinski definition) is 0. The summed E-state index contributed by atoms with van der Waals surface area (Å²) in [6, 6.07) is 10.1. The number of rotatable bonds is 9. The smallest absolute Gasteiger partial charge is 0.0718 e. The third-order valence-corrected chi connectivity index (χ3v) is 2.00. The molecule has 0 fully saturated rings. The van der Waals surface area contributed by atoms with E-state index < -0.39 is 0 Å². The zero-order chi connectivity index (χ0) is 11.5. The molecule has 0 bridgehead atoms. The van der Waals surface area contributed by atoms with E-state index in [-0.39, 0.29) is 0 Å². The van der Waals surface area contributed by atoms with Crippen molar-refractivity contribution in [2.24, 2.45) is 0 Å². The average molecular weight is 223 g/mol. The maximum Gasteiger partial charge on any atom is 0.0718 e. The third kappa shape index (κ3) is 6.56. The summed E-state index contributed by atoms with van der Waals surface area (Å²) < 4.78 is 15.8. The molecule has 3 heteroatoms. The second kappa shape index (κ2) is 9.33. The summed E-state index contributed by atoms with van der Waals surface area (Å²) in [5, 5.41) is 0. The monoisotopic (exact) mass is 223 g/mol. The molecule has 0 N–H and O–H groups in total. The molecule has 16 heavy (non-hydrogen) atoms. The summed E-state index contributed by atoms with van der Waals surface area (Å²) in [7, 11) is 0. The van der Waals surface area contributed by atoms with E-state index in [1.807, 2.05) is 30.3 Å². The number of benzene rings is 1. The number of ether oxygens (including phenoxy) is 3. The van der Waals surface area contributed by atoms with Crippen LogP contribution in [0.1, 0.15) is 5.56 Å². The molecular weight excluding hydrogens is 204 g/mol. The van der Waals surface area contributed by atoms with E-state index in [9.17, 15) is 0 Å². The molecule has 1 rings (SSSR count). The van der Waals surface area contributed by atoms with Gasteiger partial charge in [-0.3, -0.25) is 0 Å². The lowest BCUT2D eigenvalue weighted by Crippen LogP contribution is -2.09. The topological polar surface area (TPSA) is 27.7 Å². The van der Waals surface area contributed by atoms with Gasteiger partial charge < -0.3 is 14.2 Å². The summed E-state index contributed by atoms with van der Waals surface area (Å²) in [6.45, 7) is 7.11. The summed E-state index contributed by atoms with van der Waals surface area (Å²) in [4.78, 5) is 0. The van der Waals surface area contributed by atoms with Gasteiger partial charge in [0.15, 0.2) is 0 Å². The lowest BCUT2D eigenvalue weighted by molar-refractivity contribution is 0.0149. The SMILES string of the molecule is [CH2]COCCOCCOCc1ccccc1. The Morgan fingerprint density at radius 2 is 1.44 bits per heavy atom. The highest BCUT2D eigenvalue weighted by molar-refractivity contribution is 5.13. The fourth-order valence-corrected chi connectivity index (χ4v) is 1.20. The van der Waals surface area contributed by atoms with Crippen molar-refractivity contribution >= 4 is 0 Å². The molecular formula is C13H19O3. The van der Waals surface area contributed by atoms with Gasteiger partial charge in [-0.05, 0) is 12.5 Å². The minimum atomic E-state index is 0.494. The molecule has 0 aliphatic heterocycles. The maximum absolute atomic E-state index is 5.45. The summed E-state index contributed by atoms with van der Waals surface area (Å²) >= 11 is 0. The van der Waals surface area contributed by atoms with Gasteiger partial charge in [0.25, 0.3) is 0 Å². The summed E-state index contributed by atoms with van der Waals surface area (Å²) in [6.07, 6.45) is 0. The molecule has 0 spiro atoms. The van der Waals surface area contributed by atoms with Gasteiger partial charge in [0.05, 0.1) is 33.0 Å². The minimum absolute atomic E-state index is 0.494. The first-order valence-electron chi connectivity index (χ1n) is 5.50. The van der Waals surface area contributed by atoms with Crippen LogP contribution >= 0.6 is 0 Å². The molecule has 0 heterocycles. The van der Waals surface area contributed by atoms with Crippen molar-refractivity contribution in [1.82, 2.24) is 0 Å². The van der Waals surface area contributed by atoms with Crippen LogP contribution in [0.4, 0.5) is 0 Å². The molecule has 1 aromatic rings. The van der Waals surface area contributed by atoms with E-state index in [4.69, 9.17) is 14.2 Å². The van der Waals surface area contributed by atoms with Crippen molar-refractivity contribution in [2.75, 3.05) is 33.0 Å². The van der Waals surface area contributed by atoms with E-state index in [0.717, 1.165) is 0 Å². The highest BCUT2D eigenvalue weighted by Crippen LogP contribution is 1.99. The van der Waals surface area contributed by atoms with Crippen LogP contribution in [0.3, 0.4) is 0 Å². The molecule has 0 aromatic heterocycles. The summed E-state index contributed by atoms with van der Waals surface area (Å²) in [5.41, 5.74) is 1.18. The Bertz CT molecular complexity index is 249. The van der Waals surface area contributed by atoms with Crippen LogP contribution in [0.15, 0.2) is 30.3 Å². The van der Waals surface area contributed by atoms with Gasteiger partial charge in [-0.1, -0.05) is 30.3 Å². The Labute approximate surface area is 97.3 Å². The standard InChI is InChI=1S/C13H19O3/c1-2-14-8-9-15-10-11-16-12-13-6-4-3-5-7-13/h3-7H,1-2,8-12H2. The van der Waals surface area contributed by atoms with Gasteiger partial charge >= 0.3 is 0 Å². The lowest BCUT2D eigenvalue weighted by atomic mass is 10.2. The number of hydrogen-bond acceptors (Lipinski definition) is 3. The quantitative estimate of drug-likeness (QED) is 0.600. The van der Waals surface area contributed by atoms with Crippen molar-refractivity contribution < 1.29 is 14.2 Å². The van der Waals surface area contributed by atoms with Gasteiger partial charge in [0, 0.05) is 6.61 Å². The van der Waals surface area contributed by atoms with Gasteiger partial charge in [-0.15, -0.1) is 0 Å². The second-order valence-electron chi connectivity index (χ2n) is 3.26. The van der Waals surface area contributed by atoms with Gasteiger partial charge in [-0.25, -0.2) is 0 Å². The Balaban J connectivity index is 1.89. The molecule has 0 atom stereocenters. The highest BCUT2D eigenvalue weighted by Gasteiger charge is 1.92. The Morgan fingerprint density at radius 3 is 2.12 bits per heavy atom. The van der Waals surface area contributed by atoms with E-state index >= 15 is 0 Å². The van der Waals surface area contributed by atoms with Crippen LogP contribution in [-0.4, -0.2) is 33.0 Å². The van der Waals surface area contributed by atoms with Crippen molar-refractivity contribution in [2.45, 2.75) is 6.61 Å². The van der Waals surface area contributed by atoms with Crippen LogP contribution in [0, 0.1) is 6.92 Å². The molecule has 89 valence electrons. The fraction of sp³-hybridized carbons (Fsp3) is 0.462. The van der Waals surface area contributed by atoms with Gasteiger partial charge in [0.2, 0.25) is 0 Å². The molecule has 0 aliphatic rings. The molecule has 0 unspecified atom stereocenters. The fourth-order valence-electron chi connectivity index (χ4n) is 1.20. The van der Waals surface area contributed by atoms with Crippen molar-refractivity contribution in [3.63, 3.8) is 0 Å². The van der Waals surface area contributed by atoms with Crippen molar-refractivity contribution in [3.05, 3.63) is 42.8 Å². The van der Waals surface area contributed by atoms with Crippen LogP contribution in [0.25, 0.3) is 0 Å². The van der Waals surface area contributed by atoms with Crippen molar-refractivity contribution in [3.8, 4) is 0 Å². The van der Waals surface area contributed by atoms with E-state index in [1.54, 1.807) is 0 Å². The van der Waals surface area contributed by atoms with Crippen molar-refractivity contribution in [1.29, 1.82) is 0 Å².